The van der Waals surface area contributed by atoms with Gasteiger partial charge in [0.1, 0.15) is 12.7 Å². The summed E-state index contributed by atoms with van der Waals surface area (Å²) in [5.74, 6) is 0. The van der Waals surface area contributed by atoms with Crippen LogP contribution in [0.5, 0.6) is 0 Å². The Kier molecular flexibility index (Phi) is 4.47. The first-order valence-corrected chi connectivity index (χ1v) is 5.99. The summed E-state index contributed by atoms with van der Waals surface area (Å²) >= 11 is 0. The van der Waals surface area contributed by atoms with Crippen molar-refractivity contribution in [3.8, 4) is 0 Å². The van der Waals surface area contributed by atoms with E-state index in [2.05, 4.69) is 17.0 Å². The topological polar surface area (TPSA) is 50.9 Å². The van der Waals surface area contributed by atoms with Crippen LogP contribution < -0.4 is 0 Å². The summed E-state index contributed by atoms with van der Waals surface area (Å²) in [6.45, 7) is 8.30. The van der Waals surface area contributed by atoms with Gasteiger partial charge in [0.05, 0.1) is 12.1 Å². The zero-order valence-corrected chi connectivity index (χ0v) is 10.7. The number of aromatic nitrogens is 3. The number of aliphatic hydroxyl groups excluding tert-OH is 1. The first-order valence-electron chi connectivity index (χ1n) is 5.99. The minimum Gasteiger partial charge on any atom is -0.390 e. The van der Waals surface area contributed by atoms with Crippen LogP contribution in [0.1, 0.15) is 53.0 Å². The van der Waals surface area contributed by atoms with Crippen molar-refractivity contribution in [2.45, 2.75) is 59.1 Å². The van der Waals surface area contributed by atoms with Crippen LogP contribution in [0.2, 0.25) is 0 Å². The van der Waals surface area contributed by atoms with E-state index in [0.29, 0.717) is 0 Å². The molecule has 0 bridgehead atoms. The molecule has 4 nitrogen and oxygen atoms in total. The summed E-state index contributed by atoms with van der Waals surface area (Å²) in [5.41, 5.74) is -0.135. The summed E-state index contributed by atoms with van der Waals surface area (Å²) in [6, 6.07) is 0.0300. The maximum atomic E-state index is 10.4. The molecule has 2 unspecified atom stereocenters. The monoisotopic (exact) mass is 225 g/mol. The van der Waals surface area contributed by atoms with Crippen molar-refractivity contribution in [1.29, 1.82) is 0 Å². The molecule has 0 aliphatic carbocycles. The predicted octanol–water partition coefficient (Wildman–Crippen LogP) is 2.42. The standard InChI is InChI=1S/C12H23N3O/c1-5-6-7-10(11(16)12(2,3)4)15-9-13-8-14-15/h8-11,16H,5-7H2,1-4H3. The van der Waals surface area contributed by atoms with Gasteiger partial charge in [0.15, 0.2) is 0 Å². The van der Waals surface area contributed by atoms with Gasteiger partial charge in [-0.05, 0) is 11.8 Å². The van der Waals surface area contributed by atoms with Gasteiger partial charge in [0.2, 0.25) is 0 Å². The SMILES string of the molecule is CCCCC(C(O)C(C)(C)C)n1cncn1. The molecule has 4 heteroatoms. The molecule has 2 atom stereocenters. The molecule has 0 spiro atoms. The van der Waals surface area contributed by atoms with Gasteiger partial charge in [-0.2, -0.15) is 5.10 Å². The number of unbranched alkanes of at least 4 members (excludes halogenated alkanes) is 1. The Hall–Kier alpha value is -0.900. The molecule has 0 amide bonds. The van der Waals surface area contributed by atoms with E-state index in [0.717, 1.165) is 19.3 Å². The van der Waals surface area contributed by atoms with Crippen LogP contribution >= 0.6 is 0 Å². The lowest BCUT2D eigenvalue weighted by molar-refractivity contribution is 0.00861. The second-order valence-electron chi connectivity index (χ2n) is 5.40. The molecule has 1 aromatic rings. The highest BCUT2D eigenvalue weighted by atomic mass is 16.3. The Labute approximate surface area is 97.7 Å². The van der Waals surface area contributed by atoms with Crippen molar-refractivity contribution in [2.75, 3.05) is 0 Å². The molecule has 1 N–H and O–H groups in total. The quantitative estimate of drug-likeness (QED) is 0.837. The normalized spacial score (nSPS) is 16.1. The number of nitrogens with zero attached hydrogens (tertiary/aromatic N) is 3. The molecule has 0 aliphatic heterocycles. The molecular weight excluding hydrogens is 202 g/mol. The molecule has 0 saturated heterocycles. The summed E-state index contributed by atoms with van der Waals surface area (Å²) in [6.07, 6.45) is 5.97. The van der Waals surface area contributed by atoms with E-state index < -0.39 is 6.10 Å². The average Bonchev–Trinajstić information content (AvgIpc) is 2.70. The fraction of sp³-hybridized carbons (Fsp3) is 0.833. The van der Waals surface area contributed by atoms with E-state index in [9.17, 15) is 5.11 Å². The van der Waals surface area contributed by atoms with Crippen molar-refractivity contribution in [1.82, 2.24) is 14.8 Å². The van der Waals surface area contributed by atoms with Crippen molar-refractivity contribution in [3.63, 3.8) is 0 Å². The lowest BCUT2D eigenvalue weighted by Crippen LogP contribution is -2.35. The zero-order chi connectivity index (χ0) is 12.2. The Balaban J connectivity index is 2.79. The predicted molar refractivity (Wildman–Crippen MR) is 64.0 cm³/mol. The first-order chi connectivity index (χ1) is 7.46. The number of rotatable bonds is 5. The largest absolute Gasteiger partial charge is 0.390 e. The van der Waals surface area contributed by atoms with Crippen molar-refractivity contribution < 1.29 is 5.11 Å². The molecule has 0 aliphatic rings. The third kappa shape index (κ3) is 3.30. The van der Waals surface area contributed by atoms with Gasteiger partial charge in [0, 0.05) is 0 Å². The summed E-state index contributed by atoms with van der Waals surface area (Å²) in [5, 5.41) is 14.5. The van der Waals surface area contributed by atoms with Gasteiger partial charge in [0.25, 0.3) is 0 Å². The van der Waals surface area contributed by atoms with E-state index in [4.69, 9.17) is 0 Å². The number of hydrogen-bond donors (Lipinski definition) is 1. The van der Waals surface area contributed by atoms with Crippen LogP contribution in [-0.4, -0.2) is 26.0 Å². The van der Waals surface area contributed by atoms with E-state index >= 15 is 0 Å². The van der Waals surface area contributed by atoms with Crippen LogP contribution in [-0.2, 0) is 0 Å². The Morgan fingerprint density at radius 1 is 1.38 bits per heavy atom. The Morgan fingerprint density at radius 2 is 2.06 bits per heavy atom. The molecule has 0 fully saturated rings. The van der Waals surface area contributed by atoms with Gasteiger partial charge < -0.3 is 5.11 Å². The second-order valence-corrected chi connectivity index (χ2v) is 5.40. The number of aliphatic hydroxyl groups is 1. The fourth-order valence-electron chi connectivity index (χ4n) is 1.81. The Bertz CT molecular complexity index is 290. The molecule has 0 aromatic carbocycles. The molecule has 0 radical (unpaired) electrons. The van der Waals surface area contributed by atoms with Gasteiger partial charge in [-0.15, -0.1) is 0 Å². The van der Waals surface area contributed by atoms with E-state index in [1.165, 1.54) is 6.33 Å². The summed E-state index contributed by atoms with van der Waals surface area (Å²) < 4.78 is 1.78. The molecule has 16 heavy (non-hydrogen) atoms. The van der Waals surface area contributed by atoms with Crippen LogP contribution in [0, 0.1) is 5.41 Å². The molecule has 1 heterocycles. The summed E-state index contributed by atoms with van der Waals surface area (Å²) in [4.78, 5) is 3.96. The fourth-order valence-corrected chi connectivity index (χ4v) is 1.81. The van der Waals surface area contributed by atoms with Gasteiger partial charge >= 0.3 is 0 Å². The van der Waals surface area contributed by atoms with Gasteiger partial charge in [-0.3, -0.25) is 0 Å². The summed E-state index contributed by atoms with van der Waals surface area (Å²) in [7, 11) is 0. The lowest BCUT2D eigenvalue weighted by Gasteiger charge is -2.33. The minimum atomic E-state index is -0.402. The highest BCUT2D eigenvalue weighted by Gasteiger charge is 2.31. The Morgan fingerprint density at radius 3 is 2.50 bits per heavy atom. The van der Waals surface area contributed by atoms with Crippen LogP contribution in [0.25, 0.3) is 0 Å². The lowest BCUT2D eigenvalue weighted by atomic mass is 9.83. The molecule has 92 valence electrons. The minimum absolute atomic E-state index is 0.0300. The van der Waals surface area contributed by atoms with Crippen LogP contribution in [0.15, 0.2) is 12.7 Å². The molecule has 1 rings (SSSR count). The molecule has 1 aromatic heterocycles. The third-order valence-electron chi connectivity index (χ3n) is 2.88. The molecular formula is C12H23N3O. The van der Waals surface area contributed by atoms with Crippen molar-refractivity contribution in [2.24, 2.45) is 5.41 Å². The third-order valence-corrected chi connectivity index (χ3v) is 2.88. The maximum Gasteiger partial charge on any atom is 0.137 e. The maximum absolute atomic E-state index is 10.4. The van der Waals surface area contributed by atoms with E-state index in [-0.39, 0.29) is 11.5 Å². The van der Waals surface area contributed by atoms with Crippen LogP contribution in [0.3, 0.4) is 0 Å². The molecule has 0 saturated carbocycles. The van der Waals surface area contributed by atoms with Gasteiger partial charge in [-0.1, -0.05) is 40.5 Å². The zero-order valence-electron chi connectivity index (χ0n) is 10.7. The van der Waals surface area contributed by atoms with E-state index in [1.54, 1.807) is 11.0 Å². The highest BCUT2D eigenvalue weighted by Crippen LogP contribution is 2.30. The highest BCUT2D eigenvalue weighted by molar-refractivity contribution is 4.83. The smallest absolute Gasteiger partial charge is 0.137 e. The van der Waals surface area contributed by atoms with Crippen LogP contribution in [0.4, 0.5) is 0 Å². The average molecular weight is 225 g/mol. The van der Waals surface area contributed by atoms with Crippen molar-refractivity contribution >= 4 is 0 Å². The van der Waals surface area contributed by atoms with Crippen molar-refractivity contribution in [3.05, 3.63) is 12.7 Å². The first kappa shape index (κ1) is 13.2. The van der Waals surface area contributed by atoms with E-state index in [1.807, 2.05) is 20.8 Å². The van der Waals surface area contributed by atoms with Gasteiger partial charge in [-0.25, -0.2) is 9.67 Å². The number of hydrogen-bond acceptors (Lipinski definition) is 3. The second kappa shape index (κ2) is 5.43.